The molecule has 0 aliphatic heterocycles. The first-order valence-electron chi connectivity index (χ1n) is 7.26. The molecule has 0 bridgehead atoms. The lowest BCUT2D eigenvalue weighted by molar-refractivity contribution is -0.115. The number of carbonyl (C=O) groups excluding carboxylic acids is 1. The molecule has 3 aromatic rings. The van der Waals surface area contributed by atoms with E-state index in [9.17, 15) is 9.18 Å². The molecule has 23 heavy (non-hydrogen) atoms. The van der Waals surface area contributed by atoms with Crippen molar-refractivity contribution in [3.05, 3.63) is 84.3 Å². The summed E-state index contributed by atoms with van der Waals surface area (Å²) in [5, 5.41) is 2.74. The standard InChI is InChI=1S/C19H15FN2O/c20-17-9-6-14(7-10-17)12-19(23)22-18-11-8-16(13-21-18)15-4-2-1-3-5-15/h1-11,13H,12H2,(H,21,22,23). The first-order chi connectivity index (χ1) is 11.2. The Labute approximate surface area is 133 Å². The third-order valence-electron chi connectivity index (χ3n) is 3.42. The number of nitrogens with zero attached hydrogens (tertiary/aromatic N) is 1. The van der Waals surface area contributed by atoms with E-state index in [0.717, 1.165) is 16.7 Å². The zero-order valence-corrected chi connectivity index (χ0v) is 12.4. The number of hydrogen-bond donors (Lipinski definition) is 1. The normalized spacial score (nSPS) is 10.3. The second-order valence-electron chi connectivity index (χ2n) is 5.15. The zero-order valence-electron chi connectivity index (χ0n) is 12.4. The number of rotatable bonds is 4. The van der Waals surface area contributed by atoms with E-state index in [1.807, 2.05) is 36.4 Å². The molecule has 1 N–H and O–H groups in total. The molecule has 0 fully saturated rings. The maximum atomic E-state index is 12.8. The Morgan fingerprint density at radius 1 is 0.913 bits per heavy atom. The minimum Gasteiger partial charge on any atom is -0.310 e. The fourth-order valence-corrected chi connectivity index (χ4v) is 2.24. The van der Waals surface area contributed by atoms with Crippen molar-refractivity contribution in [2.24, 2.45) is 0 Å². The molecule has 0 radical (unpaired) electrons. The van der Waals surface area contributed by atoms with Gasteiger partial charge >= 0.3 is 0 Å². The predicted octanol–water partition coefficient (Wildman–Crippen LogP) is 4.07. The van der Waals surface area contributed by atoms with Gasteiger partial charge in [0.1, 0.15) is 11.6 Å². The molecule has 2 aromatic carbocycles. The Morgan fingerprint density at radius 2 is 1.65 bits per heavy atom. The fraction of sp³-hybridized carbons (Fsp3) is 0.0526. The highest BCUT2D eigenvalue weighted by Gasteiger charge is 2.06. The lowest BCUT2D eigenvalue weighted by Crippen LogP contribution is -2.15. The molecule has 1 aromatic heterocycles. The van der Waals surface area contributed by atoms with E-state index in [1.54, 1.807) is 24.4 Å². The topological polar surface area (TPSA) is 42.0 Å². The summed E-state index contributed by atoms with van der Waals surface area (Å²) in [7, 11) is 0. The summed E-state index contributed by atoms with van der Waals surface area (Å²) in [5.41, 5.74) is 2.82. The Bertz CT molecular complexity index is 784. The van der Waals surface area contributed by atoms with E-state index < -0.39 is 0 Å². The number of hydrogen-bond acceptors (Lipinski definition) is 2. The second kappa shape index (κ2) is 6.83. The van der Waals surface area contributed by atoms with Gasteiger partial charge in [-0.1, -0.05) is 42.5 Å². The molecule has 0 aliphatic rings. The number of benzene rings is 2. The van der Waals surface area contributed by atoms with Crippen LogP contribution in [-0.2, 0) is 11.2 Å². The molecule has 1 heterocycles. The van der Waals surface area contributed by atoms with Gasteiger partial charge in [-0.2, -0.15) is 0 Å². The van der Waals surface area contributed by atoms with Crippen molar-refractivity contribution in [3.8, 4) is 11.1 Å². The minimum absolute atomic E-state index is 0.183. The zero-order chi connectivity index (χ0) is 16.1. The molecule has 0 unspecified atom stereocenters. The van der Waals surface area contributed by atoms with Gasteiger partial charge in [0.25, 0.3) is 0 Å². The van der Waals surface area contributed by atoms with E-state index in [4.69, 9.17) is 0 Å². The number of halogens is 1. The van der Waals surface area contributed by atoms with Crippen LogP contribution in [0.2, 0.25) is 0 Å². The molecule has 0 saturated heterocycles. The van der Waals surface area contributed by atoms with Crippen LogP contribution in [-0.4, -0.2) is 10.9 Å². The first-order valence-corrected chi connectivity index (χ1v) is 7.26. The monoisotopic (exact) mass is 306 g/mol. The van der Waals surface area contributed by atoms with Gasteiger partial charge < -0.3 is 5.32 Å². The van der Waals surface area contributed by atoms with Crippen molar-refractivity contribution < 1.29 is 9.18 Å². The molecule has 0 atom stereocenters. The smallest absolute Gasteiger partial charge is 0.229 e. The van der Waals surface area contributed by atoms with Crippen LogP contribution in [0.1, 0.15) is 5.56 Å². The molecule has 0 saturated carbocycles. The van der Waals surface area contributed by atoms with Crippen LogP contribution >= 0.6 is 0 Å². The van der Waals surface area contributed by atoms with Crippen LogP contribution in [0.4, 0.5) is 10.2 Å². The second-order valence-corrected chi connectivity index (χ2v) is 5.15. The van der Waals surface area contributed by atoms with Crippen molar-refractivity contribution >= 4 is 11.7 Å². The van der Waals surface area contributed by atoms with Crippen LogP contribution in [0.25, 0.3) is 11.1 Å². The summed E-state index contributed by atoms with van der Waals surface area (Å²) in [5.74, 6) is 0.000637. The lowest BCUT2D eigenvalue weighted by Gasteiger charge is -2.06. The number of carbonyl (C=O) groups is 1. The van der Waals surface area contributed by atoms with E-state index in [-0.39, 0.29) is 18.1 Å². The van der Waals surface area contributed by atoms with Crippen molar-refractivity contribution in [2.75, 3.05) is 5.32 Å². The summed E-state index contributed by atoms with van der Waals surface area (Å²) in [6.07, 6.45) is 1.91. The number of nitrogens with one attached hydrogen (secondary N) is 1. The SMILES string of the molecule is O=C(Cc1ccc(F)cc1)Nc1ccc(-c2ccccc2)cn1. The highest BCUT2D eigenvalue weighted by molar-refractivity contribution is 5.91. The van der Waals surface area contributed by atoms with Crippen LogP contribution < -0.4 is 5.32 Å². The van der Waals surface area contributed by atoms with E-state index in [0.29, 0.717) is 5.82 Å². The molecule has 0 aliphatic carbocycles. The summed E-state index contributed by atoms with van der Waals surface area (Å²) in [4.78, 5) is 16.2. The van der Waals surface area contributed by atoms with Crippen LogP contribution in [0.3, 0.4) is 0 Å². The fourth-order valence-electron chi connectivity index (χ4n) is 2.24. The maximum absolute atomic E-state index is 12.8. The van der Waals surface area contributed by atoms with Crippen molar-refractivity contribution in [3.63, 3.8) is 0 Å². The van der Waals surface area contributed by atoms with E-state index >= 15 is 0 Å². The van der Waals surface area contributed by atoms with E-state index in [2.05, 4.69) is 10.3 Å². The van der Waals surface area contributed by atoms with Gasteiger partial charge in [0.15, 0.2) is 0 Å². The molecular formula is C19H15FN2O. The first kappa shape index (κ1) is 14.9. The van der Waals surface area contributed by atoms with Gasteiger partial charge in [-0.15, -0.1) is 0 Å². The summed E-state index contributed by atoms with van der Waals surface area (Å²) < 4.78 is 12.8. The van der Waals surface area contributed by atoms with Gasteiger partial charge in [0, 0.05) is 11.8 Å². The molecular weight excluding hydrogens is 291 g/mol. The van der Waals surface area contributed by atoms with Crippen molar-refractivity contribution in [1.29, 1.82) is 0 Å². The van der Waals surface area contributed by atoms with E-state index in [1.165, 1.54) is 12.1 Å². The van der Waals surface area contributed by atoms with Gasteiger partial charge in [-0.05, 0) is 35.4 Å². The lowest BCUT2D eigenvalue weighted by atomic mass is 10.1. The molecule has 0 spiro atoms. The Balaban J connectivity index is 1.64. The highest BCUT2D eigenvalue weighted by atomic mass is 19.1. The predicted molar refractivity (Wildman–Crippen MR) is 88.4 cm³/mol. The van der Waals surface area contributed by atoms with Gasteiger partial charge in [-0.25, -0.2) is 9.37 Å². The average molecular weight is 306 g/mol. The summed E-state index contributed by atoms with van der Waals surface area (Å²) in [6.45, 7) is 0. The number of anilines is 1. The van der Waals surface area contributed by atoms with Crippen LogP contribution in [0.5, 0.6) is 0 Å². The average Bonchev–Trinajstić information content (AvgIpc) is 2.58. The summed E-state index contributed by atoms with van der Waals surface area (Å²) in [6, 6.07) is 19.5. The van der Waals surface area contributed by atoms with Gasteiger partial charge in [0.05, 0.1) is 6.42 Å². The molecule has 1 amide bonds. The van der Waals surface area contributed by atoms with Crippen molar-refractivity contribution in [2.45, 2.75) is 6.42 Å². The molecule has 3 nitrogen and oxygen atoms in total. The Morgan fingerprint density at radius 3 is 2.30 bits per heavy atom. The van der Waals surface area contributed by atoms with Crippen LogP contribution in [0.15, 0.2) is 72.9 Å². The number of aromatic nitrogens is 1. The summed E-state index contributed by atoms with van der Waals surface area (Å²) >= 11 is 0. The highest BCUT2D eigenvalue weighted by Crippen LogP contribution is 2.19. The Kier molecular flexibility index (Phi) is 4.43. The van der Waals surface area contributed by atoms with Crippen LogP contribution in [0, 0.1) is 5.82 Å². The number of pyridine rings is 1. The Hall–Kier alpha value is -3.01. The van der Waals surface area contributed by atoms with Crippen molar-refractivity contribution in [1.82, 2.24) is 4.98 Å². The van der Waals surface area contributed by atoms with Gasteiger partial charge in [0.2, 0.25) is 5.91 Å². The van der Waals surface area contributed by atoms with Gasteiger partial charge in [-0.3, -0.25) is 4.79 Å². The maximum Gasteiger partial charge on any atom is 0.229 e. The molecule has 114 valence electrons. The molecule has 4 heteroatoms. The third kappa shape index (κ3) is 4.01. The number of amides is 1. The quantitative estimate of drug-likeness (QED) is 0.789. The minimum atomic E-state index is -0.313. The molecule has 3 rings (SSSR count). The third-order valence-corrected chi connectivity index (χ3v) is 3.42. The largest absolute Gasteiger partial charge is 0.310 e.